The Morgan fingerprint density at radius 3 is 2.67 bits per heavy atom. The molecule has 1 rings (SSSR count). The highest BCUT2D eigenvalue weighted by atomic mass is 19.4. The first-order chi connectivity index (χ1) is 9.67. The molecule has 0 aliphatic carbocycles. The van der Waals surface area contributed by atoms with Crippen molar-refractivity contribution >= 4 is 5.97 Å². The Morgan fingerprint density at radius 2 is 2.10 bits per heavy atom. The molecule has 1 aromatic rings. The molecular weight excluding hydrogens is 287 g/mol. The number of nitrogens with zero attached hydrogens (tertiary/aromatic N) is 1. The molecule has 0 aromatic heterocycles. The summed E-state index contributed by atoms with van der Waals surface area (Å²) in [7, 11) is 1.75. The number of aliphatic carboxylic acids is 1. The Bertz CT molecular complexity index is 477. The first kappa shape index (κ1) is 17.3. The SMILES string of the molecule is CC(CN(C)Cc1cccc(OCC(F)(F)F)c1)C(=O)O. The lowest BCUT2D eigenvalue weighted by atomic mass is 10.1. The molecule has 0 aliphatic heterocycles. The smallest absolute Gasteiger partial charge is 0.422 e. The van der Waals surface area contributed by atoms with Gasteiger partial charge in [0.25, 0.3) is 0 Å². The Hall–Kier alpha value is -1.76. The first-order valence-corrected chi connectivity index (χ1v) is 6.37. The molecule has 0 aliphatic rings. The molecule has 0 saturated carbocycles. The van der Waals surface area contributed by atoms with Crippen molar-refractivity contribution in [1.29, 1.82) is 0 Å². The molecule has 1 aromatic carbocycles. The van der Waals surface area contributed by atoms with Crippen LogP contribution in [-0.2, 0) is 11.3 Å². The zero-order valence-electron chi connectivity index (χ0n) is 11.9. The Morgan fingerprint density at radius 1 is 1.43 bits per heavy atom. The lowest BCUT2D eigenvalue weighted by molar-refractivity contribution is -0.153. The zero-order valence-corrected chi connectivity index (χ0v) is 11.9. The van der Waals surface area contributed by atoms with Crippen LogP contribution in [0.2, 0.25) is 0 Å². The number of ether oxygens (including phenoxy) is 1. The molecule has 1 unspecified atom stereocenters. The van der Waals surface area contributed by atoms with Crippen LogP contribution in [0.5, 0.6) is 5.75 Å². The number of carboxylic acids is 1. The predicted octanol–water partition coefficient (Wildman–Crippen LogP) is 2.78. The van der Waals surface area contributed by atoms with Crippen LogP contribution in [0.3, 0.4) is 0 Å². The number of rotatable bonds is 7. The molecule has 1 N–H and O–H groups in total. The monoisotopic (exact) mass is 305 g/mol. The van der Waals surface area contributed by atoms with Gasteiger partial charge in [0.1, 0.15) is 5.75 Å². The Kier molecular flexibility index (Phi) is 6.02. The molecule has 1 atom stereocenters. The minimum atomic E-state index is -4.37. The molecule has 118 valence electrons. The third-order valence-electron chi connectivity index (χ3n) is 2.76. The van der Waals surface area contributed by atoms with Crippen LogP contribution in [0.1, 0.15) is 12.5 Å². The molecule has 0 spiro atoms. The summed E-state index contributed by atoms with van der Waals surface area (Å²) in [5.74, 6) is -1.26. The van der Waals surface area contributed by atoms with Crippen molar-refractivity contribution in [2.45, 2.75) is 19.6 Å². The fourth-order valence-corrected chi connectivity index (χ4v) is 1.82. The summed E-state index contributed by atoms with van der Waals surface area (Å²) in [5, 5.41) is 8.83. The standard InChI is InChI=1S/C14H18F3NO3/c1-10(13(19)20)7-18(2)8-11-4-3-5-12(6-11)21-9-14(15,16)17/h3-6,10H,7-9H2,1-2H3,(H,19,20). The van der Waals surface area contributed by atoms with Crippen molar-refractivity contribution < 1.29 is 27.8 Å². The van der Waals surface area contributed by atoms with Crippen LogP contribution >= 0.6 is 0 Å². The van der Waals surface area contributed by atoms with Gasteiger partial charge in [-0.05, 0) is 24.7 Å². The summed E-state index contributed by atoms with van der Waals surface area (Å²) in [6.07, 6.45) is -4.37. The van der Waals surface area contributed by atoms with Gasteiger partial charge in [-0.1, -0.05) is 19.1 Å². The second kappa shape index (κ2) is 7.31. The maximum Gasteiger partial charge on any atom is 0.422 e. The Balaban J connectivity index is 2.58. The maximum atomic E-state index is 12.1. The van der Waals surface area contributed by atoms with E-state index >= 15 is 0 Å². The molecule has 21 heavy (non-hydrogen) atoms. The minimum absolute atomic E-state index is 0.143. The van der Waals surface area contributed by atoms with E-state index in [-0.39, 0.29) is 5.75 Å². The van der Waals surface area contributed by atoms with Crippen molar-refractivity contribution in [2.24, 2.45) is 5.92 Å². The van der Waals surface area contributed by atoms with Gasteiger partial charge in [0, 0.05) is 13.1 Å². The van der Waals surface area contributed by atoms with Gasteiger partial charge in [0.05, 0.1) is 5.92 Å². The lowest BCUT2D eigenvalue weighted by Gasteiger charge is -2.19. The summed E-state index contributed by atoms with van der Waals surface area (Å²) < 4.78 is 40.9. The van der Waals surface area contributed by atoms with Crippen molar-refractivity contribution in [3.05, 3.63) is 29.8 Å². The molecule has 0 saturated heterocycles. The van der Waals surface area contributed by atoms with Crippen molar-refractivity contribution in [3.8, 4) is 5.75 Å². The number of carboxylic acid groups (broad SMARTS) is 1. The molecular formula is C14H18F3NO3. The van der Waals surface area contributed by atoms with Gasteiger partial charge in [-0.2, -0.15) is 13.2 Å². The molecule has 0 heterocycles. The third-order valence-corrected chi connectivity index (χ3v) is 2.76. The van der Waals surface area contributed by atoms with E-state index in [4.69, 9.17) is 5.11 Å². The topological polar surface area (TPSA) is 49.8 Å². The van der Waals surface area contributed by atoms with Crippen LogP contribution in [-0.4, -0.2) is 42.4 Å². The van der Waals surface area contributed by atoms with Gasteiger partial charge in [-0.25, -0.2) is 0 Å². The number of halogens is 3. The Labute approximate surface area is 121 Å². The summed E-state index contributed by atoms with van der Waals surface area (Å²) in [6, 6.07) is 6.33. The maximum absolute atomic E-state index is 12.1. The van der Waals surface area contributed by atoms with Crippen LogP contribution in [0, 0.1) is 5.92 Å². The van der Waals surface area contributed by atoms with E-state index in [0.29, 0.717) is 13.1 Å². The number of hydrogen-bond donors (Lipinski definition) is 1. The number of benzene rings is 1. The van der Waals surface area contributed by atoms with E-state index in [0.717, 1.165) is 5.56 Å². The van der Waals surface area contributed by atoms with E-state index in [1.54, 1.807) is 31.0 Å². The highest BCUT2D eigenvalue weighted by Gasteiger charge is 2.28. The number of alkyl halides is 3. The van der Waals surface area contributed by atoms with Crippen molar-refractivity contribution in [1.82, 2.24) is 4.90 Å². The normalized spacial score (nSPS) is 13.2. The van der Waals surface area contributed by atoms with Gasteiger partial charge in [-0.3, -0.25) is 4.79 Å². The van der Waals surface area contributed by atoms with E-state index in [1.807, 2.05) is 0 Å². The summed E-state index contributed by atoms with van der Waals surface area (Å²) in [5.41, 5.74) is 0.759. The fraction of sp³-hybridized carbons (Fsp3) is 0.500. The number of hydrogen-bond acceptors (Lipinski definition) is 3. The first-order valence-electron chi connectivity index (χ1n) is 6.37. The van der Waals surface area contributed by atoms with Gasteiger partial charge in [0.15, 0.2) is 6.61 Å². The van der Waals surface area contributed by atoms with Gasteiger partial charge >= 0.3 is 12.1 Å². The largest absolute Gasteiger partial charge is 0.484 e. The van der Waals surface area contributed by atoms with Crippen LogP contribution in [0.15, 0.2) is 24.3 Å². The van der Waals surface area contributed by atoms with Gasteiger partial charge in [0.2, 0.25) is 0 Å². The fourth-order valence-electron chi connectivity index (χ4n) is 1.82. The third kappa shape index (κ3) is 6.99. The quantitative estimate of drug-likeness (QED) is 0.841. The molecule has 0 bridgehead atoms. The molecule has 7 heteroatoms. The summed E-state index contributed by atoms with van der Waals surface area (Å²) in [6.45, 7) is 1.05. The summed E-state index contributed by atoms with van der Waals surface area (Å²) >= 11 is 0. The second-order valence-electron chi connectivity index (χ2n) is 4.99. The van der Waals surface area contributed by atoms with E-state index in [1.165, 1.54) is 12.1 Å². The van der Waals surface area contributed by atoms with Gasteiger partial charge in [-0.15, -0.1) is 0 Å². The molecule has 0 amide bonds. The summed E-state index contributed by atoms with van der Waals surface area (Å²) in [4.78, 5) is 12.6. The van der Waals surface area contributed by atoms with Crippen LogP contribution in [0.25, 0.3) is 0 Å². The minimum Gasteiger partial charge on any atom is -0.484 e. The average Bonchev–Trinajstić information content (AvgIpc) is 2.35. The molecule has 0 radical (unpaired) electrons. The van der Waals surface area contributed by atoms with Crippen LogP contribution in [0.4, 0.5) is 13.2 Å². The number of carbonyl (C=O) groups is 1. The zero-order chi connectivity index (χ0) is 16.0. The molecule has 0 fully saturated rings. The van der Waals surface area contributed by atoms with E-state index in [9.17, 15) is 18.0 Å². The predicted molar refractivity (Wildman–Crippen MR) is 71.1 cm³/mol. The van der Waals surface area contributed by atoms with Crippen LogP contribution < -0.4 is 4.74 Å². The lowest BCUT2D eigenvalue weighted by Crippen LogP contribution is -2.28. The van der Waals surface area contributed by atoms with Crippen molar-refractivity contribution in [2.75, 3.05) is 20.2 Å². The van der Waals surface area contributed by atoms with E-state index < -0.39 is 24.7 Å². The van der Waals surface area contributed by atoms with Crippen molar-refractivity contribution in [3.63, 3.8) is 0 Å². The second-order valence-corrected chi connectivity index (χ2v) is 4.99. The average molecular weight is 305 g/mol. The van der Waals surface area contributed by atoms with E-state index in [2.05, 4.69) is 4.74 Å². The highest BCUT2D eigenvalue weighted by molar-refractivity contribution is 5.69. The highest BCUT2D eigenvalue weighted by Crippen LogP contribution is 2.20. The van der Waals surface area contributed by atoms with Gasteiger partial charge < -0.3 is 14.7 Å². The molecule has 4 nitrogen and oxygen atoms in total.